The number of carboxylic acid groups (broad SMARTS) is 2. The molecule has 30 nitrogen and oxygen atoms in total. The maximum Gasteiger partial charge on any atom is 0.408 e. The number of nitrogens with one attached hydrogen (secondary N) is 4. The minimum atomic E-state index is -4.68. The van der Waals surface area contributed by atoms with E-state index in [1.807, 2.05) is 52.9 Å². The third-order valence-electron chi connectivity index (χ3n) is 21.2. The molecule has 594 valence electrons. The molecule has 9 N–H and O–H groups in total. The number of primary amides is 1. The van der Waals surface area contributed by atoms with Crippen molar-refractivity contribution in [2.45, 2.75) is 175 Å². The number of aliphatic carboxylic acids is 1. The molecule has 2 bridgehead atoms. The summed E-state index contributed by atoms with van der Waals surface area (Å²) in [6.07, 6.45) is 7.85. The number of pyridine rings is 1. The number of Topliss-reactive ketones (excluding diaryl/α,β-unsaturated/α-hetero) is 2. The van der Waals surface area contributed by atoms with Crippen LogP contribution in [-0.4, -0.2) is 181 Å². The molecule has 2 aliphatic heterocycles. The smallest absolute Gasteiger partial charge is 0.408 e. The van der Waals surface area contributed by atoms with Gasteiger partial charge in [0.1, 0.15) is 24.2 Å². The monoisotopic (exact) mass is 1570 g/mol. The van der Waals surface area contributed by atoms with Gasteiger partial charge in [0.2, 0.25) is 11.8 Å². The second kappa shape index (κ2) is 36.2. The highest BCUT2D eigenvalue weighted by Gasteiger charge is 2.56. The van der Waals surface area contributed by atoms with E-state index >= 15 is 0 Å². The molecule has 111 heavy (non-hydrogen) atoms. The molecule has 3 aromatic heterocycles. The summed E-state index contributed by atoms with van der Waals surface area (Å²) in [5.41, 5.74) is 9.27. The molecule has 5 heterocycles. The van der Waals surface area contributed by atoms with Gasteiger partial charge in [-0.3, -0.25) is 57.8 Å². The Balaban J connectivity index is 0.746. The summed E-state index contributed by atoms with van der Waals surface area (Å²) in [6.45, 7) is 12.2. The van der Waals surface area contributed by atoms with E-state index in [9.17, 15) is 75.9 Å². The largest absolute Gasteiger partial charge is 0.481 e. The molecule has 6 aromatic rings. The number of alkyl carbamates (subject to hydrolysis) is 1. The lowest BCUT2D eigenvalue weighted by Crippen LogP contribution is -2.56. The number of amides is 8. The number of hydrogen-bond donors (Lipinski definition) is 8. The number of carbonyl (C=O) groups excluding carboxylic acids is 9. The number of nitrogens with two attached hydrogens (primary N) is 1. The van der Waals surface area contributed by atoms with Crippen molar-refractivity contribution in [3.63, 3.8) is 0 Å². The lowest BCUT2D eigenvalue weighted by Gasteiger charge is -2.58. The van der Waals surface area contributed by atoms with Crippen LogP contribution in [0.3, 0.4) is 0 Å². The number of ketones is 2. The molecule has 3 aromatic carbocycles. The number of aromatic carboxylic acids is 1. The zero-order valence-electron chi connectivity index (χ0n) is 63.3. The van der Waals surface area contributed by atoms with Gasteiger partial charge in [-0.2, -0.15) is 13.5 Å². The zero-order valence-corrected chi connectivity index (χ0v) is 64.9. The number of carbonyl (C=O) groups is 11. The van der Waals surface area contributed by atoms with Gasteiger partial charge in [0.25, 0.3) is 27.8 Å². The van der Waals surface area contributed by atoms with Gasteiger partial charge in [-0.25, -0.2) is 24.4 Å². The topological polar surface area (TPSA) is 429 Å². The number of para-hydroxylation sites is 1. The lowest BCUT2D eigenvalue weighted by atomic mass is 9.51. The van der Waals surface area contributed by atoms with Crippen molar-refractivity contribution in [2.75, 3.05) is 55.3 Å². The first kappa shape index (κ1) is 83.2. The van der Waals surface area contributed by atoms with Gasteiger partial charge in [-0.1, -0.05) is 101 Å². The Kier molecular flexibility index (Phi) is 27.2. The fourth-order valence-electron chi connectivity index (χ4n) is 16.6. The quantitative estimate of drug-likeness (QED) is 0.0102. The van der Waals surface area contributed by atoms with Crippen molar-refractivity contribution in [1.82, 2.24) is 45.5 Å². The van der Waals surface area contributed by atoms with Crippen LogP contribution in [0.2, 0.25) is 0 Å². The molecule has 8 amide bonds. The summed E-state index contributed by atoms with van der Waals surface area (Å²) in [5, 5.41) is 36.7. The van der Waals surface area contributed by atoms with Gasteiger partial charge in [-0.05, 0) is 146 Å². The van der Waals surface area contributed by atoms with Crippen molar-refractivity contribution in [3.8, 4) is 11.1 Å². The number of imide groups is 1. The molecule has 0 spiro atoms. The Morgan fingerprint density at radius 3 is 2.26 bits per heavy atom. The number of thiazole rings is 1. The van der Waals surface area contributed by atoms with Gasteiger partial charge in [0, 0.05) is 106 Å². The number of ether oxygens (including phenoxy) is 2. The second-order valence-electron chi connectivity index (χ2n) is 30.9. The second-order valence-corrected chi connectivity index (χ2v) is 33.5. The van der Waals surface area contributed by atoms with Crippen LogP contribution in [0.1, 0.15) is 167 Å². The molecule has 4 aliphatic rings. The molecule has 7 atom stereocenters. The number of aromatic nitrogens is 4. The third-order valence-corrected chi connectivity index (χ3v) is 22.9. The van der Waals surface area contributed by atoms with Crippen LogP contribution in [0.25, 0.3) is 21.3 Å². The molecule has 32 heteroatoms. The van der Waals surface area contributed by atoms with E-state index in [4.69, 9.17) is 25.3 Å². The Morgan fingerprint density at radius 2 is 1.56 bits per heavy atom. The van der Waals surface area contributed by atoms with Gasteiger partial charge >= 0.3 is 24.1 Å². The molecular formula is C79H98N12O18S2. The van der Waals surface area contributed by atoms with E-state index in [1.54, 1.807) is 62.5 Å². The first-order chi connectivity index (χ1) is 52.6. The minimum Gasteiger partial charge on any atom is -0.481 e. The summed E-state index contributed by atoms with van der Waals surface area (Å²) in [7, 11) is -4.68. The molecule has 2 fully saturated rings. The minimum absolute atomic E-state index is 0.0794. The van der Waals surface area contributed by atoms with E-state index in [2.05, 4.69) is 47.0 Å². The molecule has 0 radical (unpaired) electrons. The van der Waals surface area contributed by atoms with Gasteiger partial charge < -0.3 is 51.2 Å². The Labute approximate surface area is 647 Å². The highest BCUT2D eigenvalue weighted by atomic mass is 32.2. The predicted octanol–water partition coefficient (Wildman–Crippen LogP) is 9.01. The van der Waals surface area contributed by atoms with Crippen LogP contribution in [-0.2, 0) is 85.7 Å². The van der Waals surface area contributed by atoms with Crippen molar-refractivity contribution in [2.24, 2.45) is 34.3 Å². The molecule has 0 saturated heterocycles. The summed E-state index contributed by atoms with van der Waals surface area (Å²) >= 11 is 1.38. The third kappa shape index (κ3) is 22.3. The fourth-order valence-corrected chi connectivity index (χ4v) is 18.0. The number of carboxylic acids is 2. The number of benzene rings is 3. The maximum atomic E-state index is 14.5. The number of rotatable bonds is 38. The highest BCUT2D eigenvalue weighted by Crippen LogP contribution is 2.60. The summed E-state index contributed by atoms with van der Waals surface area (Å²) in [6, 6.07) is 19.5. The van der Waals surface area contributed by atoms with Crippen molar-refractivity contribution >= 4 is 108 Å². The highest BCUT2D eigenvalue weighted by molar-refractivity contribution is 7.85. The van der Waals surface area contributed by atoms with E-state index in [0.717, 1.165) is 44.0 Å². The number of fused-ring (bicyclic) bond motifs is 4. The van der Waals surface area contributed by atoms with E-state index in [1.165, 1.54) is 23.5 Å². The standard InChI is InChI=1S/C79H98N12O18S2/c1-48(2)57(37-54(92)15-8-7-11-30-90-66(94)26-27-67(90)95)71(99)83-60(18-13-29-81-74(80)103)63(93)36-51-20-22-52(23-21-51)43-108-76(104)85-62(38-68(96)97)72(100)88(33-35-111(105,106)107)32-34-109-79-40-49(3)39-77(5,45-79)44-78(6,46-79)47-91-50(4)58(41-82-91)55-24-25-65(86-69(55)73(101)102)89-31-28-53-14-12-16-56(59(53)42-89)70(98)87-75-84-61-17-9-10-19-64(61)110-75/h9-10,12,14,16-17,19-27,41,48-49,57,60,62H,7-8,11,13,15,18,28-40,42-47H2,1-6H3,(H,83,99)(H,85,104)(H,96,97)(H,101,102)(H3,80,81,103)(H,84,87,98)(H,105,106,107)/t49?,57-,60-,62-,77?,78?,79?/m0/s1. The van der Waals surface area contributed by atoms with Crippen molar-refractivity contribution in [1.29, 1.82) is 0 Å². The number of hydrogen-bond acceptors (Lipinski definition) is 20. The van der Waals surface area contributed by atoms with Crippen LogP contribution in [0, 0.1) is 35.5 Å². The van der Waals surface area contributed by atoms with E-state index in [-0.39, 0.29) is 117 Å². The average Bonchev–Trinajstić information content (AvgIpc) is 1.66. The van der Waals surface area contributed by atoms with Crippen molar-refractivity contribution < 1.29 is 85.4 Å². The Hall–Kier alpha value is -10.3. The molecule has 10 rings (SSSR count). The number of unbranched alkanes of at least 4 members (excludes halogenated alkanes) is 2. The number of anilines is 2. The molecular weight excluding hydrogens is 1470 g/mol. The summed E-state index contributed by atoms with van der Waals surface area (Å²) < 4.78 is 49.6. The fraction of sp³-hybridized carbons (Fsp3) is 0.494. The van der Waals surface area contributed by atoms with Gasteiger partial charge in [0.05, 0.1) is 46.8 Å². The lowest BCUT2D eigenvalue weighted by molar-refractivity contribution is -0.180. The van der Waals surface area contributed by atoms with Crippen LogP contribution in [0.5, 0.6) is 0 Å². The normalized spacial score (nSPS) is 19.6. The Morgan fingerprint density at radius 1 is 0.820 bits per heavy atom. The van der Waals surface area contributed by atoms with E-state index < -0.39 is 93.7 Å². The predicted molar refractivity (Wildman–Crippen MR) is 412 cm³/mol. The number of nitrogens with zero attached hydrogens (tertiary/aromatic N) is 7. The van der Waals surface area contributed by atoms with Gasteiger partial charge in [0.15, 0.2) is 16.6 Å². The first-order valence-electron chi connectivity index (χ1n) is 37.5. The molecule has 2 saturated carbocycles. The Bertz CT molecular complexity index is 4610. The molecule has 4 unspecified atom stereocenters. The number of urea groups is 1. The molecule has 2 aliphatic carbocycles. The average molecular weight is 1570 g/mol. The summed E-state index contributed by atoms with van der Waals surface area (Å²) in [5.74, 6) is -7.14. The summed E-state index contributed by atoms with van der Waals surface area (Å²) in [4.78, 5) is 157. The SMILES string of the molecule is Cc1c(-c2ccc(N3CCc4cccc(C(=O)Nc5nc6ccccc6s5)c4C3)nc2C(=O)O)cnn1CC1(C)CC2(C)CC(C)CC(OCCN(CCS(=O)(=O)O)C(=O)[C@H](CC(=O)O)NC(=O)OCc3ccc(CC(=O)[C@H](CCCNC(N)=O)NC(=O)[C@@H](CC(=O)CCCCCN4C(=O)C=CC4=O)C(C)C)cc3)(C2)C1. The van der Waals surface area contributed by atoms with Crippen LogP contribution < -0.4 is 31.9 Å². The zero-order chi connectivity index (χ0) is 80.1. The van der Waals surface area contributed by atoms with Crippen molar-refractivity contribution in [3.05, 3.63) is 136 Å². The van der Waals surface area contributed by atoms with Crippen LogP contribution in [0.4, 0.5) is 20.5 Å². The van der Waals surface area contributed by atoms with Crippen LogP contribution in [0.15, 0.2) is 97.2 Å². The van der Waals surface area contributed by atoms with E-state index in [0.29, 0.717) is 109 Å². The first-order valence-corrected chi connectivity index (χ1v) is 39.9. The van der Waals surface area contributed by atoms with Gasteiger partial charge in [-0.15, -0.1) is 0 Å². The van der Waals surface area contributed by atoms with Crippen LogP contribution >= 0.6 is 11.3 Å². The maximum absolute atomic E-state index is 14.5.